The van der Waals surface area contributed by atoms with Crippen LogP contribution >= 0.6 is 11.3 Å². The lowest BCUT2D eigenvalue weighted by Gasteiger charge is -2.22. The van der Waals surface area contributed by atoms with Crippen LogP contribution in [0.1, 0.15) is 34.4 Å². The van der Waals surface area contributed by atoms with E-state index in [9.17, 15) is 4.79 Å². The summed E-state index contributed by atoms with van der Waals surface area (Å²) >= 11 is 1.72. The van der Waals surface area contributed by atoms with Gasteiger partial charge in [0.15, 0.2) is 0 Å². The summed E-state index contributed by atoms with van der Waals surface area (Å²) in [7, 11) is 1.80. The third kappa shape index (κ3) is 3.53. The first-order valence-corrected chi connectivity index (χ1v) is 8.51. The average Bonchev–Trinajstić information content (AvgIpc) is 3.24. The molecule has 1 N–H and O–H groups in total. The first-order chi connectivity index (χ1) is 10.7. The van der Waals surface area contributed by atoms with E-state index in [0.29, 0.717) is 18.4 Å². The highest BCUT2D eigenvalue weighted by molar-refractivity contribution is 7.09. The lowest BCUT2D eigenvalue weighted by molar-refractivity contribution is 0.0784. The molecule has 1 aliphatic heterocycles. The van der Waals surface area contributed by atoms with Gasteiger partial charge >= 0.3 is 0 Å². The molecule has 1 unspecified atom stereocenters. The van der Waals surface area contributed by atoms with Crippen LogP contribution in [0.5, 0.6) is 0 Å². The topological polar surface area (TPSA) is 63.1 Å². The number of nitrogens with zero attached hydrogens (tertiary/aromatic N) is 4. The van der Waals surface area contributed by atoms with Crippen molar-refractivity contribution < 1.29 is 4.79 Å². The van der Waals surface area contributed by atoms with Crippen molar-refractivity contribution in [3.63, 3.8) is 0 Å². The summed E-state index contributed by atoms with van der Waals surface area (Å²) in [6.45, 7) is 2.63. The van der Waals surface area contributed by atoms with Crippen molar-refractivity contribution in [2.24, 2.45) is 0 Å². The molecule has 1 atom stereocenters. The van der Waals surface area contributed by atoms with Gasteiger partial charge in [0.1, 0.15) is 6.33 Å². The maximum atomic E-state index is 12.4. The molecule has 2 aromatic heterocycles. The van der Waals surface area contributed by atoms with Crippen molar-refractivity contribution in [2.45, 2.75) is 25.3 Å². The SMILES string of the molecule is CN(CCc1cccs1)C(=O)c1ncn(C2CCCNC2)n1. The summed E-state index contributed by atoms with van der Waals surface area (Å²) in [5.41, 5.74) is 0. The molecule has 0 aliphatic carbocycles. The first-order valence-electron chi connectivity index (χ1n) is 7.64. The van der Waals surface area contributed by atoms with Gasteiger partial charge in [0.25, 0.3) is 5.91 Å². The Morgan fingerprint density at radius 3 is 3.23 bits per heavy atom. The highest BCUT2D eigenvalue weighted by atomic mass is 32.1. The maximum absolute atomic E-state index is 12.4. The highest BCUT2D eigenvalue weighted by Crippen LogP contribution is 2.15. The Bertz CT molecular complexity index is 603. The molecular weight excluding hydrogens is 298 g/mol. The van der Waals surface area contributed by atoms with Crippen LogP contribution in [0.25, 0.3) is 0 Å². The van der Waals surface area contributed by atoms with Gasteiger partial charge in [-0.1, -0.05) is 6.07 Å². The molecule has 3 heterocycles. The number of hydrogen-bond donors (Lipinski definition) is 1. The van der Waals surface area contributed by atoms with Crippen LogP contribution in [0.15, 0.2) is 23.8 Å². The second-order valence-corrected chi connectivity index (χ2v) is 6.64. The van der Waals surface area contributed by atoms with Gasteiger partial charge in [-0.05, 0) is 37.3 Å². The predicted octanol–water partition coefficient (Wildman–Crippen LogP) is 1.58. The van der Waals surface area contributed by atoms with E-state index in [1.807, 2.05) is 10.7 Å². The minimum Gasteiger partial charge on any atom is -0.339 e. The van der Waals surface area contributed by atoms with E-state index in [-0.39, 0.29) is 5.91 Å². The van der Waals surface area contributed by atoms with Crippen molar-refractivity contribution in [1.82, 2.24) is 25.0 Å². The van der Waals surface area contributed by atoms with Gasteiger partial charge in [-0.15, -0.1) is 16.4 Å². The monoisotopic (exact) mass is 319 g/mol. The zero-order valence-corrected chi connectivity index (χ0v) is 13.6. The average molecular weight is 319 g/mol. The van der Waals surface area contributed by atoms with E-state index in [1.54, 1.807) is 29.6 Å². The van der Waals surface area contributed by atoms with Crippen LogP contribution in [-0.4, -0.2) is 52.3 Å². The zero-order chi connectivity index (χ0) is 15.4. The third-order valence-electron chi connectivity index (χ3n) is 3.97. The summed E-state index contributed by atoms with van der Waals surface area (Å²) in [6, 6.07) is 4.43. The van der Waals surface area contributed by atoms with Crippen LogP contribution in [0.3, 0.4) is 0 Å². The number of hydrogen-bond acceptors (Lipinski definition) is 5. The van der Waals surface area contributed by atoms with Gasteiger partial charge in [-0.3, -0.25) is 4.79 Å². The first kappa shape index (κ1) is 15.2. The van der Waals surface area contributed by atoms with Crippen molar-refractivity contribution in [3.8, 4) is 0 Å². The quantitative estimate of drug-likeness (QED) is 0.909. The number of likely N-dealkylation sites (N-methyl/N-ethyl adjacent to an activating group) is 1. The van der Waals surface area contributed by atoms with Crippen LogP contribution in [0.2, 0.25) is 0 Å². The second kappa shape index (κ2) is 7.02. The second-order valence-electron chi connectivity index (χ2n) is 5.60. The van der Waals surface area contributed by atoms with Gasteiger partial charge in [0, 0.05) is 25.0 Å². The van der Waals surface area contributed by atoms with Gasteiger partial charge in [-0.2, -0.15) is 0 Å². The Morgan fingerprint density at radius 1 is 1.59 bits per heavy atom. The minimum atomic E-state index is -0.112. The van der Waals surface area contributed by atoms with Gasteiger partial charge in [0.2, 0.25) is 5.82 Å². The van der Waals surface area contributed by atoms with E-state index in [0.717, 1.165) is 32.4 Å². The van der Waals surface area contributed by atoms with E-state index < -0.39 is 0 Å². The molecular formula is C15H21N5OS. The summed E-state index contributed by atoms with van der Waals surface area (Å²) in [6.07, 6.45) is 4.76. The van der Waals surface area contributed by atoms with E-state index in [1.165, 1.54) is 4.88 Å². The van der Waals surface area contributed by atoms with Gasteiger partial charge < -0.3 is 10.2 Å². The fourth-order valence-electron chi connectivity index (χ4n) is 2.61. The lowest BCUT2D eigenvalue weighted by Crippen LogP contribution is -2.32. The molecule has 2 aromatic rings. The summed E-state index contributed by atoms with van der Waals surface area (Å²) in [5, 5.41) is 9.78. The molecule has 1 aliphatic rings. The molecule has 3 rings (SSSR count). The Balaban J connectivity index is 1.58. The standard InChI is InChI=1S/C15H21N5OS/c1-19(8-6-13-5-3-9-22-13)15(21)14-17-11-20(18-14)12-4-2-7-16-10-12/h3,5,9,11-12,16H,2,4,6-8,10H2,1H3. The number of rotatable bonds is 5. The molecule has 1 fully saturated rings. The number of nitrogens with one attached hydrogen (secondary N) is 1. The van der Waals surface area contributed by atoms with Crippen molar-refractivity contribution in [1.29, 1.82) is 0 Å². The Hall–Kier alpha value is -1.73. The lowest BCUT2D eigenvalue weighted by atomic mass is 10.1. The Morgan fingerprint density at radius 2 is 2.50 bits per heavy atom. The largest absolute Gasteiger partial charge is 0.339 e. The Kier molecular flexibility index (Phi) is 4.84. The van der Waals surface area contributed by atoms with Crippen molar-refractivity contribution in [3.05, 3.63) is 34.5 Å². The molecule has 1 amide bonds. The molecule has 0 radical (unpaired) electrons. The fourth-order valence-corrected chi connectivity index (χ4v) is 3.31. The number of carbonyl (C=O) groups is 1. The van der Waals surface area contributed by atoms with E-state index >= 15 is 0 Å². The predicted molar refractivity (Wildman–Crippen MR) is 86.1 cm³/mol. The zero-order valence-electron chi connectivity index (χ0n) is 12.7. The molecule has 7 heteroatoms. The number of amides is 1. The van der Waals surface area contributed by atoms with Crippen LogP contribution < -0.4 is 5.32 Å². The molecule has 0 bridgehead atoms. The molecule has 0 saturated carbocycles. The summed E-state index contributed by atoms with van der Waals surface area (Å²) < 4.78 is 1.83. The fraction of sp³-hybridized carbons (Fsp3) is 0.533. The van der Waals surface area contributed by atoms with E-state index in [4.69, 9.17) is 0 Å². The van der Waals surface area contributed by atoms with E-state index in [2.05, 4.69) is 26.8 Å². The maximum Gasteiger partial charge on any atom is 0.293 e. The van der Waals surface area contributed by atoms with Crippen LogP contribution in [-0.2, 0) is 6.42 Å². The van der Waals surface area contributed by atoms with Gasteiger partial charge in [-0.25, -0.2) is 9.67 Å². The number of carbonyl (C=O) groups excluding carboxylic acids is 1. The minimum absolute atomic E-state index is 0.112. The molecule has 118 valence electrons. The number of piperidine rings is 1. The molecule has 6 nitrogen and oxygen atoms in total. The van der Waals surface area contributed by atoms with Crippen molar-refractivity contribution >= 4 is 17.2 Å². The van der Waals surface area contributed by atoms with Crippen LogP contribution in [0.4, 0.5) is 0 Å². The molecule has 0 spiro atoms. The third-order valence-corrected chi connectivity index (χ3v) is 4.90. The number of aromatic nitrogens is 3. The molecule has 1 saturated heterocycles. The summed E-state index contributed by atoms with van der Waals surface area (Å²) in [5.74, 6) is 0.179. The normalized spacial score (nSPS) is 18.3. The Labute approximate surface area is 134 Å². The van der Waals surface area contributed by atoms with Gasteiger partial charge in [0.05, 0.1) is 6.04 Å². The number of thiophene rings is 1. The molecule has 0 aromatic carbocycles. The highest BCUT2D eigenvalue weighted by Gasteiger charge is 2.20. The molecule has 22 heavy (non-hydrogen) atoms. The summed E-state index contributed by atoms with van der Waals surface area (Å²) in [4.78, 5) is 19.5. The van der Waals surface area contributed by atoms with Crippen molar-refractivity contribution in [2.75, 3.05) is 26.7 Å². The van der Waals surface area contributed by atoms with Crippen LogP contribution in [0, 0.1) is 0 Å². The smallest absolute Gasteiger partial charge is 0.293 e.